The van der Waals surface area contributed by atoms with Crippen LogP contribution in [0.5, 0.6) is 5.75 Å². The van der Waals surface area contributed by atoms with Crippen LogP contribution in [-0.2, 0) is 6.42 Å². The van der Waals surface area contributed by atoms with Crippen LogP contribution in [0.4, 0.5) is 0 Å². The Labute approximate surface area is 160 Å². The third kappa shape index (κ3) is 4.61. The lowest BCUT2D eigenvalue weighted by molar-refractivity contribution is 0.406. The van der Waals surface area contributed by atoms with Gasteiger partial charge in [-0.2, -0.15) is 0 Å². The van der Waals surface area contributed by atoms with Gasteiger partial charge in [0.05, 0.1) is 7.11 Å². The van der Waals surface area contributed by atoms with Gasteiger partial charge in [0.1, 0.15) is 5.75 Å². The average Bonchev–Trinajstić information content (AvgIpc) is 3.13. The van der Waals surface area contributed by atoms with E-state index >= 15 is 0 Å². The molecule has 27 heavy (non-hydrogen) atoms. The first-order chi connectivity index (χ1) is 13.2. The van der Waals surface area contributed by atoms with Crippen molar-refractivity contribution in [2.45, 2.75) is 19.3 Å². The molecule has 5 heteroatoms. The second-order valence-corrected chi connectivity index (χ2v) is 6.63. The third-order valence-corrected chi connectivity index (χ3v) is 4.83. The zero-order chi connectivity index (χ0) is 19.1. The number of rotatable bonds is 7. The highest BCUT2D eigenvalue weighted by molar-refractivity contribution is 5.83. The monoisotopic (exact) mass is 364 g/mol. The predicted octanol–water partition coefficient (Wildman–Crippen LogP) is 3.69. The Morgan fingerprint density at radius 2 is 1.89 bits per heavy atom. The molecule has 0 aliphatic carbocycles. The van der Waals surface area contributed by atoms with Gasteiger partial charge in [-0.25, -0.2) is 0 Å². The van der Waals surface area contributed by atoms with Crippen LogP contribution in [0.25, 0.3) is 10.9 Å². The van der Waals surface area contributed by atoms with E-state index in [2.05, 4.69) is 64.1 Å². The van der Waals surface area contributed by atoms with E-state index in [9.17, 15) is 0 Å². The van der Waals surface area contributed by atoms with Crippen LogP contribution in [0, 0.1) is 0 Å². The smallest absolute Gasteiger partial charge is 0.191 e. The summed E-state index contributed by atoms with van der Waals surface area (Å²) in [6, 6.07) is 16.5. The summed E-state index contributed by atoms with van der Waals surface area (Å²) in [4.78, 5) is 7.66. The first kappa shape index (κ1) is 18.8. The second-order valence-electron chi connectivity index (χ2n) is 6.63. The van der Waals surface area contributed by atoms with E-state index in [-0.39, 0.29) is 0 Å². The molecule has 0 radical (unpaired) electrons. The van der Waals surface area contributed by atoms with Crippen molar-refractivity contribution < 1.29 is 4.74 Å². The molecule has 0 spiro atoms. The fourth-order valence-electron chi connectivity index (χ4n) is 3.31. The fourth-order valence-corrected chi connectivity index (χ4v) is 3.31. The van der Waals surface area contributed by atoms with E-state index in [1.54, 1.807) is 14.2 Å². The number of fused-ring (bicyclic) bond motifs is 1. The lowest BCUT2D eigenvalue weighted by atomic mass is 10.0. The lowest BCUT2D eigenvalue weighted by Gasteiger charge is -2.18. The Morgan fingerprint density at radius 1 is 1.11 bits per heavy atom. The molecule has 0 bridgehead atoms. The molecule has 142 valence electrons. The predicted molar refractivity (Wildman–Crippen MR) is 113 cm³/mol. The Kier molecular flexibility index (Phi) is 6.36. The molecule has 1 atom stereocenters. The SMILES string of the molecule is CN=C(NCCc1c[nH]c2ccccc12)NCC(C)c1ccccc1OC. The standard InChI is InChI=1S/C22H28N4O/c1-16(18-8-5-7-11-21(18)27-3)14-26-22(23-2)24-13-12-17-15-25-20-10-6-4-9-19(17)20/h4-11,15-16,25H,12-14H2,1-3H3,(H2,23,24,26). The summed E-state index contributed by atoms with van der Waals surface area (Å²) in [5.41, 5.74) is 3.69. The number of hydrogen-bond donors (Lipinski definition) is 3. The van der Waals surface area contributed by atoms with Crippen LogP contribution in [0.1, 0.15) is 24.0 Å². The van der Waals surface area contributed by atoms with Crippen molar-refractivity contribution in [3.05, 3.63) is 65.9 Å². The van der Waals surface area contributed by atoms with Gasteiger partial charge in [-0.05, 0) is 29.7 Å². The molecule has 1 aromatic heterocycles. The van der Waals surface area contributed by atoms with Crippen LogP contribution in [0.15, 0.2) is 59.7 Å². The van der Waals surface area contributed by atoms with Crippen molar-refractivity contribution in [1.82, 2.24) is 15.6 Å². The summed E-state index contributed by atoms with van der Waals surface area (Å²) in [5.74, 6) is 2.05. The van der Waals surface area contributed by atoms with Crippen molar-refractivity contribution in [3.8, 4) is 5.75 Å². The molecule has 2 aromatic carbocycles. The molecule has 0 saturated carbocycles. The van der Waals surface area contributed by atoms with E-state index in [0.29, 0.717) is 5.92 Å². The zero-order valence-corrected chi connectivity index (χ0v) is 16.3. The van der Waals surface area contributed by atoms with Gasteiger partial charge in [0, 0.05) is 43.2 Å². The number of aliphatic imine (C=N–C) groups is 1. The Balaban J connectivity index is 1.51. The van der Waals surface area contributed by atoms with Gasteiger partial charge in [0.25, 0.3) is 0 Å². The Bertz CT molecular complexity index is 900. The Hall–Kier alpha value is -2.95. The number of aromatic nitrogens is 1. The number of benzene rings is 2. The van der Waals surface area contributed by atoms with Crippen LogP contribution in [0.2, 0.25) is 0 Å². The molecule has 3 rings (SSSR count). The molecule has 3 aromatic rings. The molecule has 5 nitrogen and oxygen atoms in total. The van der Waals surface area contributed by atoms with Crippen LogP contribution in [0.3, 0.4) is 0 Å². The summed E-state index contributed by atoms with van der Waals surface area (Å²) in [6.07, 6.45) is 3.03. The number of nitrogens with zero attached hydrogens (tertiary/aromatic N) is 1. The molecular weight excluding hydrogens is 336 g/mol. The summed E-state index contributed by atoms with van der Waals surface area (Å²) < 4.78 is 5.46. The number of methoxy groups -OCH3 is 1. The lowest BCUT2D eigenvalue weighted by Crippen LogP contribution is -2.39. The maximum absolute atomic E-state index is 5.46. The second kappa shape index (κ2) is 9.12. The normalized spacial score (nSPS) is 12.8. The Morgan fingerprint density at radius 3 is 2.70 bits per heavy atom. The van der Waals surface area contributed by atoms with Crippen LogP contribution < -0.4 is 15.4 Å². The minimum Gasteiger partial charge on any atom is -0.496 e. The number of nitrogens with one attached hydrogen (secondary N) is 3. The highest BCUT2D eigenvalue weighted by Crippen LogP contribution is 2.25. The molecule has 1 heterocycles. The summed E-state index contributed by atoms with van der Waals surface area (Å²) >= 11 is 0. The van der Waals surface area contributed by atoms with Crippen LogP contribution >= 0.6 is 0 Å². The molecule has 0 aliphatic heterocycles. The first-order valence-corrected chi connectivity index (χ1v) is 9.35. The van der Waals surface area contributed by atoms with Gasteiger partial charge in [0.15, 0.2) is 5.96 Å². The number of guanidine groups is 1. The molecule has 1 unspecified atom stereocenters. The van der Waals surface area contributed by atoms with Crippen molar-refractivity contribution in [3.63, 3.8) is 0 Å². The number of para-hydroxylation sites is 2. The van der Waals surface area contributed by atoms with Gasteiger partial charge >= 0.3 is 0 Å². The van der Waals surface area contributed by atoms with E-state index in [4.69, 9.17) is 4.74 Å². The minimum absolute atomic E-state index is 0.313. The van der Waals surface area contributed by atoms with Gasteiger partial charge in [0.2, 0.25) is 0 Å². The molecule has 0 amide bonds. The third-order valence-electron chi connectivity index (χ3n) is 4.83. The van der Waals surface area contributed by atoms with E-state index in [0.717, 1.165) is 31.2 Å². The maximum atomic E-state index is 5.46. The van der Waals surface area contributed by atoms with Crippen LogP contribution in [-0.4, -0.2) is 38.2 Å². The maximum Gasteiger partial charge on any atom is 0.191 e. The largest absolute Gasteiger partial charge is 0.496 e. The fraction of sp³-hybridized carbons (Fsp3) is 0.318. The van der Waals surface area contributed by atoms with Gasteiger partial charge in [-0.1, -0.05) is 43.3 Å². The first-order valence-electron chi connectivity index (χ1n) is 9.35. The van der Waals surface area contributed by atoms with E-state index in [1.165, 1.54) is 22.0 Å². The summed E-state index contributed by atoms with van der Waals surface area (Å²) in [7, 11) is 3.51. The number of hydrogen-bond acceptors (Lipinski definition) is 2. The molecule has 0 fully saturated rings. The molecule has 3 N–H and O–H groups in total. The van der Waals surface area contributed by atoms with Crippen molar-refractivity contribution in [1.29, 1.82) is 0 Å². The highest BCUT2D eigenvalue weighted by Gasteiger charge is 2.11. The number of H-pyrrole nitrogens is 1. The molecular formula is C22H28N4O. The van der Waals surface area contributed by atoms with Crippen molar-refractivity contribution in [2.24, 2.45) is 4.99 Å². The molecule has 0 saturated heterocycles. The topological polar surface area (TPSA) is 61.4 Å². The minimum atomic E-state index is 0.313. The van der Waals surface area contributed by atoms with Gasteiger partial charge in [-0.3, -0.25) is 4.99 Å². The number of ether oxygens (including phenoxy) is 1. The molecule has 0 aliphatic rings. The summed E-state index contributed by atoms with van der Waals surface area (Å²) in [5, 5.41) is 8.10. The van der Waals surface area contributed by atoms with E-state index < -0.39 is 0 Å². The number of aromatic amines is 1. The van der Waals surface area contributed by atoms with E-state index in [1.807, 2.05) is 18.2 Å². The van der Waals surface area contributed by atoms with Crippen molar-refractivity contribution >= 4 is 16.9 Å². The zero-order valence-electron chi connectivity index (χ0n) is 16.3. The summed E-state index contributed by atoms with van der Waals surface area (Å²) in [6.45, 7) is 3.79. The average molecular weight is 364 g/mol. The van der Waals surface area contributed by atoms with Crippen molar-refractivity contribution in [2.75, 3.05) is 27.2 Å². The highest BCUT2D eigenvalue weighted by atomic mass is 16.5. The van der Waals surface area contributed by atoms with Gasteiger partial charge < -0.3 is 20.4 Å². The quantitative estimate of drug-likeness (QED) is 0.443. The van der Waals surface area contributed by atoms with Gasteiger partial charge in [-0.15, -0.1) is 0 Å².